The Morgan fingerprint density at radius 2 is 2.06 bits per heavy atom. The highest BCUT2D eigenvalue weighted by Gasteiger charge is 2.32. The van der Waals surface area contributed by atoms with Gasteiger partial charge in [-0.05, 0) is 52.9 Å². The molecule has 104 valence electrons. The van der Waals surface area contributed by atoms with E-state index in [9.17, 15) is 9.35 Å². The van der Waals surface area contributed by atoms with Crippen molar-refractivity contribution < 1.29 is 14.5 Å². The van der Waals surface area contributed by atoms with E-state index < -0.39 is 17.5 Å². The fourth-order valence-electron chi connectivity index (χ4n) is 1.93. The van der Waals surface area contributed by atoms with Crippen molar-refractivity contribution in [2.24, 2.45) is 10.3 Å². The van der Waals surface area contributed by atoms with E-state index in [1.807, 2.05) is 27.7 Å². The summed E-state index contributed by atoms with van der Waals surface area (Å²) in [5.74, 6) is 0.461. The number of nitrogens with one attached hydrogen (secondary N) is 1. The van der Waals surface area contributed by atoms with Crippen LogP contribution in [0, 0.1) is 5.92 Å². The zero-order chi connectivity index (χ0) is 13.9. The SMILES string of the molecule is CC(CC1CC(NC(=O)O)C1)=N[S+]([O-])C(C)(C)C. The van der Waals surface area contributed by atoms with Crippen molar-refractivity contribution >= 4 is 23.2 Å². The molecule has 0 radical (unpaired) electrons. The summed E-state index contributed by atoms with van der Waals surface area (Å²) in [4.78, 5) is 10.4. The summed E-state index contributed by atoms with van der Waals surface area (Å²) in [6.07, 6.45) is 1.54. The van der Waals surface area contributed by atoms with E-state index in [1.165, 1.54) is 0 Å². The van der Waals surface area contributed by atoms with E-state index >= 15 is 0 Å². The van der Waals surface area contributed by atoms with Gasteiger partial charge in [-0.3, -0.25) is 0 Å². The van der Waals surface area contributed by atoms with Crippen LogP contribution in [-0.4, -0.2) is 32.3 Å². The van der Waals surface area contributed by atoms with Gasteiger partial charge in [0.25, 0.3) is 0 Å². The van der Waals surface area contributed by atoms with Crippen molar-refractivity contribution in [2.45, 2.75) is 57.7 Å². The molecule has 2 N–H and O–H groups in total. The van der Waals surface area contributed by atoms with Gasteiger partial charge in [0, 0.05) is 6.04 Å². The molecule has 1 aliphatic rings. The molecule has 1 atom stereocenters. The molecule has 0 heterocycles. The summed E-state index contributed by atoms with van der Waals surface area (Å²) in [5, 5.41) is 11.0. The first-order valence-electron chi connectivity index (χ1n) is 6.14. The third kappa shape index (κ3) is 4.86. The summed E-state index contributed by atoms with van der Waals surface area (Å²) in [6, 6.07) is 0.0772. The second-order valence-corrected chi connectivity index (χ2v) is 7.78. The first-order valence-corrected chi connectivity index (χ1v) is 7.24. The Morgan fingerprint density at radius 3 is 2.50 bits per heavy atom. The number of nitrogens with zero attached hydrogens (tertiary/aromatic N) is 1. The Balaban J connectivity index is 2.33. The molecule has 0 bridgehead atoms. The van der Waals surface area contributed by atoms with Crippen LogP contribution >= 0.6 is 0 Å². The molecule has 0 saturated heterocycles. The molecule has 18 heavy (non-hydrogen) atoms. The lowest BCUT2D eigenvalue weighted by molar-refractivity contribution is 0.167. The molecule has 0 aromatic rings. The number of hydrogen-bond donors (Lipinski definition) is 2. The maximum Gasteiger partial charge on any atom is 0.404 e. The zero-order valence-corrected chi connectivity index (χ0v) is 12.2. The number of carbonyl (C=O) groups is 1. The highest BCUT2D eigenvalue weighted by Crippen LogP contribution is 2.31. The molecule has 0 aromatic carbocycles. The summed E-state index contributed by atoms with van der Waals surface area (Å²) in [6.45, 7) is 7.59. The second-order valence-electron chi connectivity index (χ2n) is 5.88. The molecule has 1 rings (SSSR count). The minimum atomic E-state index is -1.20. The zero-order valence-electron chi connectivity index (χ0n) is 11.4. The van der Waals surface area contributed by atoms with Crippen molar-refractivity contribution in [3.05, 3.63) is 0 Å². The monoisotopic (exact) mass is 274 g/mol. The Kier molecular flexibility index (Phi) is 5.04. The van der Waals surface area contributed by atoms with Crippen LogP contribution in [0.15, 0.2) is 4.40 Å². The van der Waals surface area contributed by atoms with Crippen molar-refractivity contribution in [1.29, 1.82) is 0 Å². The first-order chi connectivity index (χ1) is 8.18. The Bertz CT molecular complexity index is 333. The van der Waals surface area contributed by atoms with E-state index in [0.29, 0.717) is 5.92 Å². The lowest BCUT2D eigenvalue weighted by atomic mass is 9.77. The second kappa shape index (κ2) is 5.93. The molecule has 1 unspecified atom stereocenters. The van der Waals surface area contributed by atoms with Gasteiger partial charge >= 0.3 is 6.09 Å². The molecule has 0 spiro atoms. The first kappa shape index (κ1) is 15.3. The highest BCUT2D eigenvalue weighted by molar-refractivity contribution is 7.91. The van der Waals surface area contributed by atoms with E-state index in [1.54, 1.807) is 0 Å². The predicted octanol–water partition coefficient (Wildman–Crippen LogP) is 2.35. The summed E-state index contributed by atoms with van der Waals surface area (Å²) in [5.41, 5.74) is 0.891. The van der Waals surface area contributed by atoms with E-state index in [-0.39, 0.29) is 10.8 Å². The third-order valence-electron chi connectivity index (χ3n) is 2.91. The van der Waals surface area contributed by atoms with E-state index in [2.05, 4.69) is 9.71 Å². The minimum Gasteiger partial charge on any atom is -0.591 e. The highest BCUT2D eigenvalue weighted by atomic mass is 32.2. The van der Waals surface area contributed by atoms with Crippen molar-refractivity contribution in [1.82, 2.24) is 5.32 Å². The lowest BCUT2D eigenvalue weighted by Crippen LogP contribution is -2.44. The maximum absolute atomic E-state index is 11.8. The van der Waals surface area contributed by atoms with Gasteiger partial charge in [0.05, 0.1) is 5.71 Å². The van der Waals surface area contributed by atoms with Crippen LogP contribution in [0.2, 0.25) is 0 Å². The van der Waals surface area contributed by atoms with Crippen molar-refractivity contribution in [3.63, 3.8) is 0 Å². The Morgan fingerprint density at radius 1 is 1.50 bits per heavy atom. The Hall–Kier alpha value is -0.750. The number of amides is 1. The van der Waals surface area contributed by atoms with Crippen molar-refractivity contribution in [2.75, 3.05) is 0 Å². The molecular weight excluding hydrogens is 252 g/mol. The van der Waals surface area contributed by atoms with Crippen LogP contribution in [0.5, 0.6) is 0 Å². The van der Waals surface area contributed by atoms with Gasteiger partial charge in [0.15, 0.2) is 0 Å². The summed E-state index contributed by atoms with van der Waals surface area (Å²) < 4.78 is 15.7. The molecule has 0 aromatic heterocycles. The van der Waals surface area contributed by atoms with Crippen LogP contribution in [0.25, 0.3) is 0 Å². The topological polar surface area (TPSA) is 84.8 Å². The fraction of sp³-hybridized carbons (Fsp3) is 0.833. The fourth-order valence-corrected chi connectivity index (χ4v) is 2.56. The predicted molar refractivity (Wildman–Crippen MR) is 73.3 cm³/mol. The maximum atomic E-state index is 11.8. The van der Waals surface area contributed by atoms with Gasteiger partial charge in [-0.1, -0.05) is 4.40 Å². The van der Waals surface area contributed by atoms with Gasteiger partial charge in [-0.2, -0.15) is 0 Å². The van der Waals surface area contributed by atoms with Gasteiger partial charge in [0.2, 0.25) is 0 Å². The lowest BCUT2D eigenvalue weighted by Gasteiger charge is -2.34. The van der Waals surface area contributed by atoms with Gasteiger partial charge in [0.1, 0.15) is 16.1 Å². The average molecular weight is 274 g/mol. The summed E-state index contributed by atoms with van der Waals surface area (Å²) in [7, 11) is 0. The van der Waals surface area contributed by atoms with Gasteiger partial charge < -0.3 is 15.0 Å². The van der Waals surface area contributed by atoms with Crippen LogP contribution < -0.4 is 5.32 Å². The molecule has 0 aliphatic heterocycles. The standard InChI is InChI=1S/C12H22N2O3S/c1-8(14-18(17)12(2,3)4)5-9-6-10(7-9)13-11(15)16/h9-10,13H,5-7H2,1-4H3,(H,15,16). The quantitative estimate of drug-likeness (QED) is 0.609. The van der Waals surface area contributed by atoms with Crippen LogP contribution in [0.1, 0.15) is 47.0 Å². The molecular formula is C12H22N2O3S. The van der Waals surface area contributed by atoms with Crippen molar-refractivity contribution in [3.8, 4) is 0 Å². The van der Waals surface area contributed by atoms with Crippen LogP contribution in [0.4, 0.5) is 4.79 Å². The van der Waals surface area contributed by atoms with E-state index in [0.717, 1.165) is 25.0 Å². The smallest absolute Gasteiger partial charge is 0.404 e. The van der Waals surface area contributed by atoms with Gasteiger partial charge in [-0.15, -0.1) is 0 Å². The Labute approximate surface area is 111 Å². The summed E-state index contributed by atoms with van der Waals surface area (Å²) >= 11 is -1.20. The largest absolute Gasteiger partial charge is 0.591 e. The number of rotatable bonds is 4. The molecule has 1 amide bonds. The average Bonchev–Trinajstić information content (AvgIpc) is 2.11. The normalized spacial score (nSPS) is 26.4. The number of hydrogen-bond acceptors (Lipinski definition) is 3. The van der Waals surface area contributed by atoms with Crippen LogP contribution in [-0.2, 0) is 11.4 Å². The molecule has 5 nitrogen and oxygen atoms in total. The third-order valence-corrected chi connectivity index (χ3v) is 4.44. The van der Waals surface area contributed by atoms with E-state index in [4.69, 9.17) is 5.11 Å². The molecule has 1 saturated carbocycles. The molecule has 1 aliphatic carbocycles. The van der Waals surface area contributed by atoms with Crippen LogP contribution in [0.3, 0.4) is 0 Å². The number of carboxylic acid groups (broad SMARTS) is 1. The molecule has 6 heteroatoms. The minimum absolute atomic E-state index is 0.0772. The van der Waals surface area contributed by atoms with Gasteiger partial charge in [-0.25, -0.2) is 4.79 Å². The molecule has 1 fully saturated rings.